The first-order chi connectivity index (χ1) is 9.38. The molecular weight excluding hydrogens is 252 g/mol. The number of rotatable bonds is 2. The average molecular weight is 270 g/mol. The molecular formula is C16H18N2S. The molecule has 3 heteroatoms. The normalized spacial score (nSPS) is 29.6. The van der Waals surface area contributed by atoms with Crippen LogP contribution in [0.4, 0.5) is 0 Å². The Kier molecular flexibility index (Phi) is 2.89. The highest BCUT2D eigenvalue weighted by atomic mass is 32.1. The van der Waals surface area contributed by atoms with Crippen molar-refractivity contribution in [2.24, 2.45) is 0 Å². The number of hydrogen-bond acceptors (Lipinski definition) is 3. The lowest BCUT2D eigenvalue weighted by Gasteiger charge is -2.28. The van der Waals surface area contributed by atoms with E-state index in [1.807, 2.05) is 6.20 Å². The van der Waals surface area contributed by atoms with Crippen molar-refractivity contribution in [3.05, 3.63) is 41.5 Å². The van der Waals surface area contributed by atoms with E-state index in [0.29, 0.717) is 5.92 Å². The van der Waals surface area contributed by atoms with Crippen molar-refractivity contribution in [2.45, 2.75) is 43.7 Å². The smallest absolute Gasteiger partial charge is 0.0436 e. The quantitative estimate of drug-likeness (QED) is 0.897. The van der Waals surface area contributed by atoms with Gasteiger partial charge in [0.05, 0.1) is 0 Å². The van der Waals surface area contributed by atoms with Crippen molar-refractivity contribution >= 4 is 11.3 Å². The van der Waals surface area contributed by atoms with Crippen molar-refractivity contribution in [3.63, 3.8) is 0 Å². The molecule has 0 aliphatic carbocycles. The van der Waals surface area contributed by atoms with Crippen LogP contribution in [0.3, 0.4) is 0 Å². The summed E-state index contributed by atoms with van der Waals surface area (Å²) in [7, 11) is 0. The fourth-order valence-corrected chi connectivity index (χ4v) is 4.25. The van der Waals surface area contributed by atoms with E-state index in [1.165, 1.54) is 41.8 Å². The van der Waals surface area contributed by atoms with Crippen LogP contribution in [0.15, 0.2) is 35.8 Å². The molecule has 2 saturated heterocycles. The van der Waals surface area contributed by atoms with Gasteiger partial charge in [0.2, 0.25) is 0 Å². The van der Waals surface area contributed by atoms with Gasteiger partial charge in [0, 0.05) is 40.3 Å². The molecule has 4 heterocycles. The monoisotopic (exact) mass is 270 g/mol. The van der Waals surface area contributed by atoms with Gasteiger partial charge in [-0.3, -0.25) is 4.98 Å². The van der Waals surface area contributed by atoms with Gasteiger partial charge in [-0.1, -0.05) is 12.1 Å². The van der Waals surface area contributed by atoms with Crippen LogP contribution in [-0.2, 0) is 0 Å². The van der Waals surface area contributed by atoms with Crippen molar-refractivity contribution < 1.29 is 0 Å². The van der Waals surface area contributed by atoms with E-state index in [2.05, 4.69) is 35.0 Å². The number of thiophene rings is 1. The summed E-state index contributed by atoms with van der Waals surface area (Å²) in [6.07, 6.45) is 7.29. The van der Waals surface area contributed by atoms with Crippen LogP contribution in [-0.4, -0.2) is 17.1 Å². The summed E-state index contributed by atoms with van der Waals surface area (Å²) in [6.45, 7) is 0. The second kappa shape index (κ2) is 4.73. The molecule has 2 bridgehead atoms. The summed E-state index contributed by atoms with van der Waals surface area (Å²) < 4.78 is 0. The van der Waals surface area contributed by atoms with Crippen molar-refractivity contribution in [2.75, 3.05) is 0 Å². The maximum Gasteiger partial charge on any atom is 0.0436 e. The third-order valence-electron chi connectivity index (χ3n) is 4.48. The summed E-state index contributed by atoms with van der Waals surface area (Å²) in [5.41, 5.74) is 2.54. The van der Waals surface area contributed by atoms with Gasteiger partial charge < -0.3 is 5.32 Å². The SMILES string of the molecule is c1csc(-c2ccc(C3CC4CCC(C3)N4)nc2)c1. The Balaban J connectivity index is 1.56. The molecule has 2 aromatic heterocycles. The first kappa shape index (κ1) is 11.6. The van der Waals surface area contributed by atoms with Crippen LogP contribution < -0.4 is 5.32 Å². The van der Waals surface area contributed by atoms with E-state index in [4.69, 9.17) is 4.98 Å². The topological polar surface area (TPSA) is 24.9 Å². The lowest BCUT2D eigenvalue weighted by Crippen LogP contribution is -2.37. The fraction of sp³-hybridized carbons (Fsp3) is 0.438. The number of nitrogens with zero attached hydrogens (tertiary/aromatic N) is 1. The summed E-state index contributed by atoms with van der Waals surface area (Å²) in [5.74, 6) is 0.663. The highest BCUT2D eigenvalue weighted by Gasteiger charge is 2.34. The van der Waals surface area contributed by atoms with Gasteiger partial charge in [0.15, 0.2) is 0 Å². The number of piperidine rings is 1. The Bertz CT molecular complexity index is 535. The molecule has 2 aliphatic rings. The van der Waals surface area contributed by atoms with Crippen LogP contribution in [0.1, 0.15) is 37.3 Å². The zero-order chi connectivity index (χ0) is 12.7. The maximum absolute atomic E-state index is 4.73. The zero-order valence-electron chi connectivity index (χ0n) is 10.9. The zero-order valence-corrected chi connectivity index (χ0v) is 11.7. The van der Waals surface area contributed by atoms with Gasteiger partial charge in [-0.05, 0) is 43.2 Å². The van der Waals surface area contributed by atoms with Crippen LogP contribution in [0.25, 0.3) is 10.4 Å². The largest absolute Gasteiger partial charge is 0.311 e. The van der Waals surface area contributed by atoms with E-state index in [1.54, 1.807) is 11.3 Å². The molecule has 1 N–H and O–H groups in total. The molecule has 4 rings (SSSR count). The number of hydrogen-bond donors (Lipinski definition) is 1. The minimum atomic E-state index is 0.663. The number of fused-ring (bicyclic) bond motifs is 2. The van der Waals surface area contributed by atoms with Crippen LogP contribution in [0.5, 0.6) is 0 Å². The third-order valence-corrected chi connectivity index (χ3v) is 5.40. The molecule has 2 atom stereocenters. The van der Waals surface area contributed by atoms with E-state index in [9.17, 15) is 0 Å². The minimum Gasteiger partial charge on any atom is -0.311 e. The lowest BCUT2D eigenvalue weighted by molar-refractivity contribution is 0.359. The molecule has 0 spiro atoms. The maximum atomic E-state index is 4.73. The first-order valence-electron chi connectivity index (χ1n) is 7.14. The molecule has 0 aromatic carbocycles. The van der Waals surface area contributed by atoms with E-state index < -0.39 is 0 Å². The van der Waals surface area contributed by atoms with E-state index >= 15 is 0 Å². The van der Waals surface area contributed by atoms with Gasteiger partial charge in [-0.25, -0.2) is 0 Å². The van der Waals surface area contributed by atoms with Crippen molar-refractivity contribution in [3.8, 4) is 10.4 Å². The Morgan fingerprint density at radius 2 is 1.95 bits per heavy atom. The molecule has 98 valence electrons. The van der Waals surface area contributed by atoms with Gasteiger partial charge in [-0.2, -0.15) is 0 Å². The van der Waals surface area contributed by atoms with Crippen LogP contribution in [0.2, 0.25) is 0 Å². The number of pyridine rings is 1. The highest BCUT2D eigenvalue weighted by molar-refractivity contribution is 7.13. The molecule has 2 aliphatic heterocycles. The number of nitrogens with one attached hydrogen (secondary N) is 1. The standard InChI is InChI=1S/C16H18N2S/c1-2-16(19-7-1)11-3-6-15(17-10-11)12-8-13-4-5-14(9-12)18-13/h1-3,6-7,10,12-14,18H,4-5,8-9H2. The van der Waals surface area contributed by atoms with Crippen LogP contribution in [0, 0.1) is 0 Å². The summed E-state index contributed by atoms with van der Waals surface area (Å²) in [4.78, 5) is 6.04. The number of aromatic nitrogens is 1. The first-order valence-corrected chi connectivity index (χ1v) is 8.02. The molecule has 2 aromatic rings. The Morgan fingerprint density at radius 1 is 1.11 bits per heavy atom. The predicted octanol–water partition coefficient (Wildman–Crippen LogP) is 3.81. The predicted molar refractivity (Wildman–Crippen MR) is 79.5 cm³/mol. The molecule has 2 fully saturated rings. The summed E-state index contributed by atoms with van der Waals surface area (Å²) in [6, 6.07) is 10.2. The Morgan fingerprint density at radius 3 is 2.58 bits per heavy atom. The molecule has 2 nitrogen and oxygen atoms in total. The summed E-state index contributed by atoms with van der Waals surface area (Å²) in [5, 5.41) is 5.82. The van der Waals surface area contributed by atoms with Gasteiger partial charge in [0.25, 0.3) is 0 Å². The second-order valence-corrected chi connectivity index (χ2v) is 6.70. The molecule has 2 unspecified atom stereocenters. The van der Waals surface area contributed by atoms with Crippen LogP contribution >= 0.6 is 11.3 Å². The average Bonchev–Trinajstić information content (AvgIpc) is 3.09. The van der Waals surface area contributed by atoms with E-state index in [-0.39, 0.29) is 0 Å². The van der Waals surface area contributed by atoms with Gasteiger partial charge in [-0.15, -0.1) is 11.3 Å². The summed E-state index contributed by atoms with van der Waals surface area (Å²) >= 11 is 1.78. The van der Waals surface area contributed by atoms with Crippen molar-refractivity contribution in [1.82, 2.24) is 10.3 Å². The van der Waals surface area contributed by atoms with Crippen molar-refractivity contribution in [1.29, 1.82) is 0 Å². The molecule has 19 heavy (non-hydrogen) atoms. The molecule has 0 saturated carbocycles. The lowest BCUT2D eigenvalue weighted by atomic mass is 9.89. The molecule has 0 amide bonds. The Hall–Kier alpha value is -1.19. The van der Waals surface area contributed by atoms with E-state index in [0.717, 1.165) is 12.1 Å². The van der Waals surface area contributed by atoms with Gasteiger partial charge in [0.1, 0.15) is 0 Å². The fourth-order valence-electron chi connectivity index (χ4n) is 3.53. The second-order valence-electron chi connectivity index (χ2n) is 5.76. The highest BCUT2D eigenvalue weighted by Crippen LogP contribution is 2.36. The minimum absolute atomic E-state index is 0.663. The molecule has 0 radical (unpaired) electrons. The third kappa shape index (κ3) is 2.21. The Labute approximate surface area is 117 Å². The van der Waals surface area contributed by atoms with Gasteiger partial charge >= 0.3 is 0 Å².